The third kappa shape index (κ3) is 33.9. The van der Waals surface area contributed by atoms with Crippen molar-refractivity contribution in [2.45, 2.75) is 272 Å². The zero-order valence-electron chi connectivity index (χ0n) is 37.7. The first kappa shape index (κ1) is 53.8. The Kier molecular flexibility index (Phi) is 42.2. The van der Waals surface area contributed by atoms with Crippen molar-refractivity contribution in [1.82, 2.24) is 0 Å². The van der Waals surface area contributed by atoms with Gasteiger partial charge in [0.2, 0.25) is 0 Å². The van der Waals surface area contributed by atoms with Crippen molar-refractivity contribution in [3.63, 3.8) is 0 Å². The summed E-state index contributed by atoms with van der Waals surface area (Å²) in [5.74, 6) is -1.65. The van der Waals surface area contributed by atoms with Crippen LogP contribution in [0.2, 0.25) is 0 Å². The fourth-order valence-electron chi connectivity index (χ4n) is 6.78. The van der Waals surface area contributed by atoms with Crippen LogP contribution in [0.25, 0.3) is 0 Å². The van der Waals surface area contributed by atoms with E-state index < -0.39 is 11.9 Å². The molecule has 0 rings (SSSR count). The van der Waals surface area contributed by atoms with Crippen LogP contribution in [0.5, 0.6) is 0 Å². The molecule has 0 aromatic rings. The maximum absolute atomic E-state index is 6.29. The minimum atomic E-state index is -0.827. The fourth-order valence-corrected chi connectivity index (χ4v) is 6.78. The highest BCUT2D eigenvalue weighted by Crippen LogP contribution is 2.27. The molecule has 6 heteroatoms. The molecule has 0 aromatic heterocycles. The van der Waals surface area contributed by atoms with Crippen molar-refractivity contribution in [3.8, 4) is 0 Å². The van der Waals surface area contributed by atoms with Gasteiger partial charge in [-0.15, -0.1) is 0 Å². The van der Waals surface area contributed by atoms with E-state index in [0.717, 1.165) is 142 Å². The summed E-state index contributed by atoms with van der Waals surface area (Å²) >= 11 is 0. The van der Waals surface area contributed by atoms with Crippen LogP contribution in [0, 0.1) is 0 Å². The maximum Gasteiger partial charge on any atom is 0.282 e. The molecule has 326 valence electrons. The fraction of sp³-hybridized carbons (Fsp3) is 1.00. The highest BCUT2D eigenvalue weighted by Gasteiger charge is 2.34. The number of rotatable bonds is 47. The molecule has 0 saturated carbocycles. The Morgan fingerprint density at radius 2 is 0.352 bits per heavy atom. The lowest BCUT2D eigenvalue weighted by Gasteiger charge is -2.33. The van der Waals surface area contributed by atoms with Gasteiger partial charge in [-0.25, -0.2) is 0 Å². The van der Waals surface area contributed by atoms with Gasteiger partial charge in [-0.05, 0) is 51.4 Å². The molecule has 0 aliphatic rings. The molecule has 0 fully saturated rings. The maximum atomic E-state index is 6.29. The van der Waals surface area contributed by atoms with Gasteiger partial charge in [0, 0.05) is 12.8 Å². The summed E-state index contributed by atoms with van der Waals surface area (Å²) in [6.07, 6.45) is 41.8. The number of ether oxygens (including phenoxy) is 6. The molecule has 54 heavy (non-hydrogen) atoms. The van der Waals surface area contributed by atoms with Crippen LogP contribution in [0.3, 0.4) is 0 Å². The first-order valence-electron chi connectivity index (χ1n) is 24.4. The second kappa shape index (κ2) is 42.4. The molecular formula is C48H98O6. The van der Waals surface area contributed by atoms with Crippen molar-refractivity contribution in [3.05, 3.63) is 0 Å². The zero-order chi connectivity index (χ0) is 39.5. The summed E-state index contributed by atoms with van der Waals surface area (Å²) in [4.78, 5) is 0. The third-order valence-electron chi connectivity index (χ3n) is 10.6. The topological polar surface area (TPSA) is 55.4 Å². The summed E-state index contributed by atoms with van der Waals surface area (Å²) in [6.45, 7) is 17.6. The minimum absolute atomic E-state index is 0.721. The van der Waals surface area contributed by atoms with Gasteiger partial charge >= 0.3 is 0 Å². The lowest BCUT2D eigenvalue weighted by molar-refractivity contribution is -0.384. The van der Waals surface area contributed by atoms with Crippen molar-refractivity contribution in [2.24, 2.45) is 0 Å². The van der Waals surface area contributed by atoms with E-state index in [1.165, 1.54) is 116 Å². The van der Waals surface area contributed by atoms with Crippen LogP contribution < -0.4 is 0 Å². The van der Waals surface area contributed by atoms with Crippen LogP contribution in [-0.4, -0.2) is 51.6 Å². The molecule has 0 saturated heterocycles. The largest absolute Gasteiger partial charge is 0.327 e. The lowest BCUT2D eigenvalue weighted by atomic mass is 10.0. The molecule has 6 nitrogen and oxygen atoms in total. The zero-order valence-corrected chi connectivity index (χ0v) is 37.7. The Labute approximate surface area is 339 Å². The van der Waals surface area contributed by atoms with Gasteiger partial charge in [0.25, 0.3) is 11.9 Å². The van der Waals surface area contributed by atoms with Gasteiger partial charge < -0.3 is 28.4 Å². The lowest BCUT2D eigenvalue weighted by Crippen LogP contribution is -2.40. The average Bonchev–Trinajstić information content (AvgIpc) is 3.17. The van der Waals surface area contributed by atoms with Crippen LogP contribution in [-0.2, 0) is 28.4 Å². The van der Waals surface area contributed by atoms with Crippen LogP contribution in [0.15, 0.2) is 0 Å². The second-order valence-electron chi connectivity index (χ2n) is 16.1. The Morgan fingerprint density at radius 3 is 0.500 bits per heavy atom. The molecule has 0 radical (unpaired) electrons. The Hall–Kier alpha value is -0.240. The highest BCUT2D eigenvalue weighted by atomic mass is 16.9. The van der Waals surface area contributed by atoms with E-state index in [0.29, 0.717) is 0 Å². The molecule has 0 spiro atoms. The second-order valence-corrected chi connectivity index (χ2v) is 16.1. The molecule has 0 heterocycles. The van der Waals surface area contributed by atoms with E-state index in [1.807, 2.05) is 0 Å². The summed E-state index contributed by atoms with van der Waals surface area (Å²) in [6, 6.07) is 0. The van der Waals surface area contributed by atoms with E-state index >= 15 is 0 Å². The van der Waals surface area contributed by atoms with Crippen molar-refractivity contribution < 1.29 is 28.4 Å². The summed E-state index contributed by atoms with van der Waals surface area (Å²) in [7, 11) is 0. The predicted octanol–water partition coefficient (Wildman–Crippen LogP) is 15.8. The molecule has 0 N–H and O–H groups in total. The van der Waals surface area contributed by atoms with Gasteiger partial charge in [-0.2, -0.15) is 0 Å². The Balaban J connectivity index is 3.90. The van der Waals surface area contributed by atoms with Crippen LogP contribution >= 0.6 is 0 Å². The molecule has 0 atom stereocenters. The molecule has 0 amide bonds. The molecule has 0 unspecified atom stereocenters. The Bertz CT molecular complexity index is 592. The van der Waals surface area contributed by atoms with Crippen LogP contribution in [0.4, 0.5) is 0 Å². The summed E-state index contributed by atoms with van der Waals surface area (Å²) in [5, 5.41) is 0. The Morgan fingerprint density at radius 1 is 0.204 bits per heavy atom. The molecule has 0 bridgehead atoms. The van der Waals surface area contributed by atoms with Crippen LogP contribution in [0.1, 0.15) is 260 Å². The quantitative estimate of drug-likeness (QED) is 0.0454. The van der Waals surface area contributed by atoms with Gasteiger partial charge in [0.05, 0.1) is 39.6 Å². The first-order chi connectivity index (χ1) is 26.6. The highest BCUT2D eigenvalue weighted by molar-refractivity contribution is 4.63. The molecular weight excluding hydrogens is 673 g/mol. The van der Waals surface area contributed by atoms with E-state index in [2.05, 4.69) is 41.5 Å². The summed E-state index contributed by atoms with van der Waals surface area (Å²) in [5.41, 5.74) is 0. The molecule has 0 aliphatic carbocycles. The van der Waals surface area contributed by atoms with E-state index in [4.69, 9.17) is 28.4 Å². The van der Waals surface area contributed by atoms with Crippen molar-refractivity contribution >= 4 is 0 Å². The summed E-state index contributed by atoms with van der Waals surface area (Å²) < 4.78 is 37.8. The molecule has 0 aromatic carbocycles. The number of unbranched alkanes of at least 4 members (excludes halogenated alkanes) is 25. The van der Waals surface area contributed by atoms with Gasteiger partial charge in [-0.1, -0.05) is 196 Å². The monoisotopic (exact) mass is 771 g/mol. The third-order valence-corrected chi connectivity index (χ3v) is 10.6. The SMILES string of the molecule is CCCCOC(CCCCCCCCCCCCCCCCCCCCCCC(OCCCC)(OCCCC)OCCCC)(OCCCC)OCCCC. The minimum Gasteiger partial charge on any atom is -0.327 e. The normalized spacial score (nSPS) is 12.3. The van der Waals surface area contributed by atoms with Crippen molar-refractivity contribution in [2.75, 3.05) is 39.6 Å². The number of hydrogen-bond acceptors (Lipinski definition) is 6. The molecule has 0 aliphatic heterocycles. The first-order valence-corrected chi connectivity index (χ1v) is 24.4. The van der Waals surface area contributed by atoms with E-state index in [9.17, 15) is 0 Å². The van der Waals surface area contributed by atoms with Gasteiger partial charge in [0.15, 0.2) is 0 Å². The number of hydrogen-bond donors (Lipinski definition) is 0. The van der Waals surface area contributed by atoms with E-state index in [1.54, 1.807) is 0 Å². The van der Waals surface area contributed by atoms with Crippen molar-refractivity contribution in [1.29, 1.82) is 0 Å². The predicted molar refractivity (Wildman–Crippen MR) is 232 cm³/mol. The van der Waals surface area contributed by atoms with Gasteiger partial charge in [-0.3, -0.25) is 0 Å². The average molecular weight is 771 g/mol. The standard InChI is InChI=1S/C48H98O6/c1-7-13-41-49-47(50-42-14-8-2,51-43-15-9-3)39-37-35-33-31-29-27-25-23-21-19-20-22-24-26-28-30-32-34-36-38-40-48(52-44-16-10-4,53-45-17-11-5)54-46-18-12-6/h7-46H2,1-6H3. The van der Waals surface area contributed by atoms with Gasteiger partial charge in [0.1, 0.15) is 0 Å². The smallest absolute Gasteiger partial charge is 0.282 e. The van der Waals surface area contributed by atoms with E-state index in [-0.39, 0.29) is 0 Å².